The Morgan fingerprint density at radius 2 is 1.33 bits per heavy atom. The molecule has 0 saturated heterocycles. The zero-order chi connectivity index (χ0) is 35.3. The Bertz CT molecular complexity index is 2040. The highest BCUT2D eigenvalue weighted by Crippen LogP contribution is 2.81. The molecule has 5 aromatic carbocycles. The van der Waals surface area contributed by atoms with Crippen LogP contribution >= 0.6 is 0 Å². The lowest BCUT2D eigenvalue weighted by atomic mass is 9.63. The summed E-state index contributed by atoms with van der Waals surface area (Å²) in [5.41, 5.74) is 9.68. The maximum Gasteiger partial charge on any atom is 0.126 e. The second-order valence-corrected chi connectivity index (χ2v) is 16.0. The van der Waals surface area contributed by atoms with Gasteiger partial charge in [-0.1, -0.05) is 98.1 Å². The van der Waals surface area contributed by atoms with E-state index in [9.17, 15) is 20.4 Å². The van der Waals surface area contributed by atoms with Crippen LogP contribution in [0.4, 0.5) is 0 Å². The van der Waals surface area contributed by atoms with E-state index in [4.69, 9.17) is 0 Å². The van der Waals surface area contributed by atoms with Crippen molar-refractivity contribution in [1.29, 1.82) is 0 Å². The minimum Gasteiger partial charge on any atom is -0.508 e. The van der Waals surface area contributed by atoms with Gasteiger partial charge < -0.3 is 20.4 Å². The van der Waals surface area contributed by atoms with Gasteiger partial charge >= 0.3 is 0 Å². The monoisotopic (exact) mass is 678 g/mol. The number of rotatable bonds is 7. The van der Waals surface area contributed by atoms with E-state index in [-0.39, 0.29) is 34.2 Å². The van der Waals surface area contributed by atoms with Crippen LogP contribution in [0.3, 0.4) is 0 Å². The van der Waals surface area contributed by atoms with Crippen molar-refractivity contribution in [2.24, 2.45) is 17.3 Å². The molecule has 51 heavy (non-hydrogen) atoms. The minimum absolute atomic E-state index is 0.0132. The van der Waals surface area contributed by atoms with E-state index in [1.807, 2.05) is 43.3 Å². The molecule has 5 aromatic rings. The fourth-order valence-corrected chi connectivity index (χ4v) is 10.8. The molecule has 6 atom stereocenters. The molecule has 1 spiro atoms. The molecule has 6 unspecified atom stereocenters. The quantitative estimate of drug-likeness (QED) is 0.138. The van der Waals surface area contributed by atoms with Crippen molar-refractivity contribution >= 4 is 0 Å². The summed E-state index contributed by atoms with van der Waals surface area (Å²) in [6.45, 7) is 4.09. The first-order valence-corrected chi connectivity index (χ1v) is 18.9. The first-order valence-electron chi connectivity index (χ1n) is 18.9. The van der Waals surface area contributed by atoms with Crippen LogP contribution in [0, 0.1) is 31.1 Å². The molecule has 3 aliphatic carbocycles. The third-order valence-electron chi connectivity index (χ3n) is 13.3. The number of aryl methyl sites for hydroxylation is 2. The molecule has 0 aromatic heterocycles. The van der Waals surface area contributed by atoms with Gasteiger partial charge in [0.05, 0.1) is 6.10 Å². The fraction of sp³-hybridized carbons (Fsp3) is 0.362. The standard InChI is InChI=1S/C47H50O4/c1-30-22-39(48)19-17-34(30)24-36-26-38(27-41(44(36)50)32-12-6-3-7-13-32)47-21-11-5-10-16-43(47)46(47)28-37(25-35-18-20-40(49)23-31(35)2)45(51)42(29-46)33-14-8-4-9-15-33/h3-4,6-9,12-15,17-20,22-23,26-27,37,42-43,45,48-51H,5,10-11,16,21,24-25,28-29H2,1-2H3. The third kappa shape index (κ3) is 5.82. The van der Waals surface area contributed by atoms with Gasteiger partial charge in [-0.2, -0.15) is 0 Å². The van der Waals surface area contributed by atoms with Crippen molar-refractivity contribution < 1.29 is 20.4 Å². The molecule has 0 amide bonds. The number of phenolic OH excluding ortho intramolecular Hbond substituents is 3. The minimum atomic E-state index is -0.471. The van der Waals surface area contributed by atoms with Crippen molar-refractivity contribution in [1.82, 2.24) is 0 Å². The van der Waals surface area contributed by atoms with Crippen LogP contribution < -0.4 is 0 Å². The summed E-state index contributed by atoms with van der Waals surface area (Å²) in [5.74, 6) is 1.45. The smallest absolute Gasteiger partial charge is 0.126 e. The molecule has 3 aliphatic rings. The Kier molecular flexibility index (Phi) is 8.71. The van der Waals surface area contributed by atoms with E-state index < -0.39 is 6.10 Å². The maximum absolute atomic E-state index is 12.3. The van der Waals surface area contributed by atoms with Crippen LogP contribution in [0.15, 0.2) is 109 Å². The number of benzene rings is 5. The third-order valence-corrected chi connectivity index (χ3v) is 13.3. The van der Waals surface area contributed by atoms with Crippen LogP contribution in [0.1, 0.15) is 89.8 Å². The second kappa shape index (κ2) is 13.2. The van der Waals surface area contributed by atoms with E-state index in [0.29, 0.717) is 18.1 Å². The number of fused-ring (bicyclic) bond motifs is 3. The van der Waals surface area contributed by atoms with E-state index in [1.165, 1.54) is 42.4 Å². The first kappa shape index (κ1) is 33.6. The lowest BCUT2D eigenvalue weighted by molar-refractivity contribution is 0.00960. The lowest BCUT2D eigenvalue weighted by Crippen LogP contribution is -2.41. The van der Waals surface area contributed by atoms with E-state index in [1.54, 1.807) is 18.2 Å². The summed E-state index contributed by atoms with van der Waals surface area (Å²) in [4.78, 5) is 0. The number of hydrogen-bond donors (Lipinski definition) is 4. The van der Waals surface area contributed by atoms with Gasteiger partial charge in [0, 0.05) is 23.3 Å². The van der Waals surface area contributed by atoms with Crippen LogP contribution in [-0.4, -0.2) is 26.5 Å². The molecule has 4 N–H and O–H groups in total. The largest absolute Gasteiger partial charge is 0.508 e. The Morgan fingerprint density at radius 1 is 0.667 bits per heavy atom. The summed E-state index contributed by atoms with van der Waals surface area (Å²) in [6.07, 6.45) is 8.69. The van der Waals surface area contributed by atoms with Gasteiger partial charge in [-0.3, -0.25) is 0 Å². The second-order valence-electron chi connectivity index (χ2n) is 16.0. The van der Waals surface area contributed by atoms with Gasteiger partial charge in [0.15, 0.2) is 0 Å². The SMILES string of the molecule is Cc1cc(O)ccc1Cc1cc(C23CCCCCC2C32CC(Cc3ccc(O)cc3C)C(O)C(c3ccccc3)C2)cc(-c2ccccc2)c1O. The molecular formula is C47H50O4. The highest BCUT2D eigenvalue weighted by molar-refractivity contribution is 5.74. The van der Waals surface area contributed by atoms with Gasteiger partial charge in [0.2, 0.25) is 0 Å². The highest BCUT2D eigenvalue weighted by atomic mass is 16.3. The Balaban J connectivity index is 1.29. The van der Waals surface area contributed by atoms with Crippen molar-refractivity contribution in [3.05, 3.63) is 148 Å². The molecule has 262 valence electrons. The highest BCUT2D eigenvalue weighted by Gasteiger charge is 2.77. The van der Waals surface area contributed by atoms with Gasteiger partial charge in [-0.15, -0.1) is 0 Å². The van der Waals surface area contributed by atoms with Crippen molar-refractivity contribution in [2.75, 3.05) is 0 Å². The zero-order valence-corrected chi connectivity index (χ0v) is 29.9. The summed E-state index contributed by atoms with van der Waals surface area (Å²) in [6, 6.07) is 36.8. The molecule has 0 radical (unpaired) electrons. The first-order chi connectivity index (χ1) is 24.7. The summed E-state index contributed by atoms with van der Waals surface area (Å²) in [7, 11) is 0. The summed E-state index contributed by atoms with van der Waals surface area (Å²) >= 11 is 0. The van der Waals surface area contributed by atoms with Gasteiger partial charge in [0.1, 0.15) is 17.2 Å². The Labute approximate surface area is 302 Å². The van der Waals surface area contributed by atoms with Gasteiger partial charge in [0.25, 0.3) is 0 Å². The zero-order valence-electron chi connectivity index (χ0n) is 29.9. The number of aromatic hydroxyl groups is 3. The Morgan fingerprint density at radius 3 is 2.02 bits per heavy atom. The van der Waals surface area contributed by atoms with E-state index in [2.05, 4.69) is 61.5 Å². The normalized spacial score (nSPS) is 27.1. The van der Waals surface area contributed by atoms with E-state index in [0.717, 1.165) is 59.1 Å². The lowest BCUT2D eigenvalue weighted by Gasteiger charge is -2.43. The van der Waals surface area contributed by atoms with Gasteiger partial charge in [-0.05, 0) is 138 Å². The number of phenols is 3. The van der Waals surface area contributed by atoms with Crippen LogP contribution in [0.25, 0.3) is 11.1 Å². The van der Waals surface area contributed by atoms with Crippen LogP contribution in [0.2, 0.25) is 0 Å². The summed E-state index contributed by atoms with van der Waals surface area (Å²) < 4.78 is 0. The topological polar surface area (TPSA) is 80.9 Å². The predicted molar refractivity (Wildman–Crippen MR) is 204 cm³/mol. The predicted octanol–water partition coefficient (Wildman–Crippen LogP) is 10.3. The number of aliphatic hydroxyl groups is 1. The Hall–Kier alpha value is -4.54. The summed E-state index contributed by atoms with van der Waals surface area (Å²) in [5, 5.41) is 44.6. The van der Waals surface area contributed by atoms with Crippen molar-refractivity contribution in [3.8, 4) is 28.4 Å². The van der Waals surface area contributed by atoms with Crippen LogP contribution in [0.5, 0.6) is 17.2 Å². The molecule has 3 saturated carbocycles. The number of aliphatic hydroxyl groups excluding tert-OH is 1. The maximum atomic E-state index is 12.3. The van der Waals surface area contributed by atoms with Crippen molar-refractivity contribution in [2.45, 2.75) is 89.1 Å². The fourth-order valence-electron chi connectivity index (χ4n) is 10.8. The average Bonchev–Trinajstić information content (AvgIpc) is 3.75. The van der Waals surface area contributed by atoms with Gasteiger partial charge in [-0.25, -0.2) is 0 Å². The van der Waals surface area contributed by atoms with Crippen LogP contribution in [-0.2, 0) is 18.3 Å². The molecule has 4 nitrogen and oxygen atoms in total. The van der Waals surface area contributed by atoms with Crippen molar-refractivity contribution in [3.63, 3.8) is 0 Å². The molecule has 0 aliphatic heterocycles. The molecule has 0 heterocycles. The molecular weight excluding hydrogens is 629 g/mol. The average molecular weight is 679 g/mol. The molecule has 3 fully saturated rings. The van der Waals surface area contributed by atoms with E-state index >= 15 is 0 Å². The molecule has 0 bridgehead atoms. The molecule has 8 rings (SSSR count). The molecule has 4 heteroatoms. The number of hydrogen-bond acceptors (Lipinski definition) is 4.